The number of hydrogen-bond acceptors (Lipinski definition) is 4. The molecule has 15 heavy (non-hydrogen) atoms. The third-order valence-corrected chi connectivity index (χ3v) is 2.51. The van der Waals surface area contributed by atoms with Crippen LogP contribution in [0.1, 0.15) is 0 Å². The number of aliphatic hydroxyl groups excluding tert-OH is 1. The van der Waals surface area contributed by atoms with Gasteiger partial charge in [0.15, 0.2) is 0 Å². The molecule has 1 aliphatic rings. The minimum Gasteiger partial charge on any atom is -0.478 e. The number of carboxylic acids is 1. The fourth-order valence-electron chi connectivity index (χ4n) is 1.64. The van der Waals surface area contributed by atoms with Crippen molar-refractivity contribution >= 4 is 5.97 Å². The highest BCUT2D eigenvalue weighted by Gasteiger charge is 2.14. The molecule has 1 saturated heterocycles. The first kappa shape index (κ1) is 12.2. The zero-order valence-corrected chi connectivity index (χ0v) is 8.80. The van der Waals surface area contributed by atoms with Gasteiger partial charge in [0, 0.05) is 45.3 Å². The van der Waals surface area contributed by atoms with Gasteiger partial charge >= 0.3 is 5.97 Å². The average molecular weight is 214 g/mol. The van der Waals surface area contributed by atoms with E-state index in [0.717, 1.165) is 32.7 Å². The lowest BCUT2D eigenvalue weighted by molar-refractivity contribution is -0.131. The summed E-state index contributed by atoms with van der Waals surface area (Å²) in [7, 11) is 0. The lowest BCUT2D eigenvalue weighted by atomic mass is 10.3. The largest absolute Gasteiger partial charge is 0.478 e. The zero-order chi connectivity index (χ0) is 11.1. The summed E-state index contributed by atoms with van der Waals surface area (Å²) in [6.07, 6.45) is 2.85. The van der Waals surface area contributed by atoms with Crippen molar-refractivity contribution in [2.75, 3.05) is 45.9 Å². The first-order valence-electron chi connectivity index (χ1n) is 5.17. The van der Waals surface area contributed by atoms with Gasteiger partial charge in [0.2, 0.25) is 0 Å². The molecule has 0 unspecified atom stereocenters. The van der Waals surface area contributed by atoms with Crippen LogP contribution >= 0.6 is 0 Å². The summed E-state index contributed by atoms with van der Waals surface area (Å²) in [6.45, 7) is 5.40. The van der Waals surface area contributed by atoms with Crippen molar-refractivity contribution in [2.24, 2.45) is 0 Å². The third kappa shape index (κ3) is 4.92. The van der Waals surface area contributed by atoms with E-state index < -0.39 is 5.97 Å². The standard InChI is InChI=1S/C10H18N2O3/c13-9-8-12-6-4-11(5-7-12)3-1-2-10(14)15/h1-2,13H,3-9H2,(H,14,15). The number of piperazine rings is 1. The first-order chi connectivity index (χ1) is 7.22. The molecule has 0 bridgehead atoms. The second-order valence-electron chi connectivity index (χ2n) is 3.61. The molecule has 0 aromatic rings. The highest BCUT2D eigenvalue weighted by molar-refractivity contribution is 5.79. The Hall–Kier alpha value is -0.910. The van der Waals surface area contributed by atoms with E-state index in [4.69, 9.17) is 10.2 Å². The van der Waals surface area contributed by atoms with Crippen molar-refractivity contribution in [1.29, 1.82) is 0 Å². The summed E-state index contributed by atoms with van der Waals surface area (Å²) in [5.41, 5.74) is 0. The molecule has 1 rings (SSSR count). The average Bonchev–Trinajstić information content (AvgIpc) is 2.20. The topological polar surface area (TPSA) is 64.0 Å². The van der Waals surface area contributed by atoms with Gasteiger partial charge < -0.3 is 10.2 Å². The van der Waals surface area contributed by atoms with Crippen LogP contribution < -0.4 is 0 Å². The minimum atomic E-state index is -0.895. The number of rotatable bonds is 5. The van der Waals surface area contributed by atoms with Gasteiger partial charge in [-0.1, -0.05) is 6.08 Å². The molecule has 0 aromatic heterocycles. The monoisotopic (exact) mass is 214 g/mol. The number of carbonyl (C=O) groups is 1. The number of aliphatic carboxylic acids is 1. The van der Waals surface area contributed by atoms with Crippen molar-refractivity contribution in [3.8, 4) is 0 Å². The van der Waals surface area contributed by atoms with Crippen LogP contribution in [0.2, 0.25) is 0 Å². The van der Waals surface area contributed by atoms with Crippen molar-refractivity contribution in [3.05, 3.63) is 12.2 Å². The molecule has 0 saturated carbocycles. The van der Waals surface area contributed by atoms with Crippen molar-refractivity contribution in [3.63, 3.8) is 0 Å². The van der Waals surface area contributed by atoms with Crippen LogP contribution in [-0.2, 0) is 4.79 Å². The molecule has 1 aliphatic heterocycles. The molecule has 1 heterocycles. The van der Waals surface area contributed by atoms with Gasteiger partial charge in [-0.3, -0.25) is 9.80 Å². The Bertz CT molecular complexity index is 223. The third-order valence-electron chi connectivity index (χ3n) is 2.51. The van der Waals surface area contributed by atoms with Crippen molar-refractivity contribution < 1.29 is 15.0 Å². The zero-order valence-electron chi connectivity index (χ0n) is 8.80. The Morgan fingerprint density at radius 2 is 1.80 bits per heavy atom. The van der Waals surface area contributed by atoms with Gasteiger partial charge in [0.1, 0.15) is 0 Å². The van der Waals surface area contributed by atoms with Gasteiger partial charge in [-0.05, 0) is 0 Å². The highest BCUT2D eigenvalue weighted by Crippen LogP contribution is 2.00. The molecule has 5 nitrogen and oxygen atoms in total. The SMILES string of the molecule is O=C(O)C=CCN1CCN(CCO)CC1. The maximum absolute atomic E-state index is 10.2. The highest BCUT2D eigenvalue weighted by atomic mass is 16.4. The van der Waals surface area contributed by atoms with Gasteiger partial charge in [-0.25, -0.2) is 4.79 Å². The van der Waals surface area contributed by atoms with Crippen molar-refractivity contribution in [2.45, 2.75) is 0 Å². The predicted molar refractivity (Wildman–Crippen MR) is 56.7 cm³/mol. The summed E-state index contributed by atoms with van der Waals surface area (Å²) >= 11 is 0. The van der Waals surface area contributed by atoms with Crippen LogP contribution in [0.4, 0.5) is 0 Å². The molecule has 0 atom stereocenters. The molecule has 1 fully saturated rings. The second-order valence-corrected chi connectivity index (χ2v) is 3.61. The summed E-state index contributed by atoms with van der Waals surface area (Å²) in [4.78, 5) is 14.6. The van der Waals surface area contributed by atoms with E-state index in [-0.39, 0.29) is 6.61 Å². The lowest BCUT2D eigenvalue weighted by Crippen LogP contribution is -2.47. The Morgan fingerprint density at radius 1 is 1.20 bits per heavy atom. The normalized spacial score (nSPS) is 19.8. The fraction of sp³-hybridized carbons (Fsp3) is 0.700. The minimum absolute atomic E-state index is 0.207. The van der Waals surface area contributed by atoms with E-state index in [2.05, 4.69) is 9.80 Å². The molecule has 86 valence electrons. The maximum Gasteiger partial charge on any atom is 0.328 e. The summed E-state index contributed by atoms with van der Waals surface area (Å²) in [5, 5.41) is 17.2. The number of nitrogens with zero attached hydrogens (tertiary/aromatic N) is 2. The van der Waals surface area contributed by atoms with E-state index in [1.54, 1.807) is 6.08 Å². The van der Waals surface area contributed by atoms with E-state index in [1.165, 1.54) is 6.08 Å². The molecule has 0 aliphatic carbocycles. The predicted octanol–water partition coefficient (Wildman–Crippen LogP) is -0.763. The van der Waals surface area contributed by atoms with Crippen LogP contribution in [0.5, 0.6) is 0 Å². The van der Waals surface area contributed by atoms with Crippen LogP contribution in [0.15, 0.2) is 12.2 Å². The van der Waals surface area contributed by atoms with E-state index in [0.29, 0.717) is 6.54 Å². The molecule has 0 radical (unpaired) electrons. The van der Waals surface area contributed by atoms with E-state index in [1.807, 2.05) is 0 Å². The molecular weight excluding hydrogens is 196 g/mol. The first-order valence-corrected chi connectivity index (χ1v) is 5.17. The Balaban J connectivity index is 2.17. The second kappa shape index (κ2) is 6.55. The molecule has 0 aromatic carbocycles. The van der Waals surface area contributed by atoms with E-state index in [9.17, 15) is 4.79 Å². The molecule has 0 spiro atoms. The van der Waals surface area contributed by atoms with Gasteiger partial charge in [0.25, 0.3) is 0 Å². The Kier molecular flexibility index (Phi) is 5.31. The number of aliphatic hydroxyl groups is 1. The lowest BCUT2D eigenvalue weighted by Gasteiger charge is -2.33. The van der Waals surface area contributed by atoms with Crippen LogP contribution in [-0.4, -0.2) is 71.9 Å². The molecule has 0 amide bonds. The Morgan fingerprint density at radius 3 is 2.33 bits per heavy atom. The smallest absolute Gasteiger partial charge is 0.328 e. The fourth-order valence-corrected chi connectivity index (χ4v) is 1.64. The number of β-amino-alcohol motifs (C(OH)–C–C–N with tert-alkyl or cyclic N) is 1. The quantitative estimate of drug-likeness (QED) is 0.589. The number of hydrogen-bond donors (Lipinski definition) is 2. The maximum atomic E-state index is 10.2. The number of carboxylic acid groups (broad SMARTS) is 1. The molecule has 5 heteroatoms. The van der Waals surface area contributed by atoms with Gasteiger partial charge in [-0.2, -0.15) is 0 Å². The summed E-state index contributed by atoms with van der Waals surface area (Å²) in [6, 6.07) is 0. The van der Waals surface area contributed by atoms with Crippen LogP contribution in [0.25, 0.3) is 0 Å². The van der Waals surface area contributed by atoms with Gasteiger partial charge in [-0.15, -0.1) is 0 Å². The van der Waals surface area contributed by atoms with Crippen LogP contribution in [0.3, 0.4) is 0 Å². The molecular formula is C10H18N2O3. The van der Waals surface area contributed by atoms with Crippen molar-refractivity contribution in [1.82, 2.24) is 9.80 Å². The van der Waals surface area contributed by atoms with Crippen LogP contribution in [0, 0.1) is 0 Å². The van der Waals surface area contributed by atoms with E-state index >= 15 is 0 Å². The Labute approximate surface area is 89.6 Å². The van der Waals surface area contributed by atoms with Gasteiger partial charge in [0.05, 0.1) is 6.61 Å². The summed E-state index contributed by atoms with van der Waals surface area (Å²) in [5.74, 6) is -0.895. The molecule has 2 N–H and O–H groups in total. The summed E-state index contributed by atoms with van der Waals surface area (Å²) < 4.78 is 0.